The summed E-state index contributed by atoms with van der Waals surface area (Å²) < 4.78 is 108. The molecule has 0 aliphatic heterocycles. The van der Waals surface area contributed by atoms with Crippen molar-refractivity contribution in [1.82, 2.24) is 29.5 Å². The van der Waals surface area contributed by atoms with Gasteiger partial charge in [-0.1, -0.05) is 50.2 Å². The number of benzene rings is 6. The summed E-state index contributed by atoms with van der Waals surface area (Å²) in [5.74, 6) is -7.85. The van der Waals surface area contributed by atoms with E-state index >= 15 is 8.78 Å². The van der Waals surface area contributed by atoms with E-state index in [4.69, 9.17) is 62.8 Å². The summed E-state index contributed by atoms with van der Waals surface area (Å²) in [4.78, 5) is 43.3. The van der Waals surface area contributed by atoms with Crippen LogP contribution in [0.3, 0.4) is 0 Å². The van der Waals surface area contributed by atoms with Gasteiger partial charge in [0.2, 0.25) is 12.7 Å². The number of esters is 2. The zero-order chi connectivity index (χ0) is 76.7. The van der Waals surface area contributed by atoms with Crippen molar-refractivity contribution < 1.29 is 96.0 Å². The Morgan fingerprint density at radius 1 is 0.594 bits per heavy atom. The molecule has 10 N–H and O–H groups in total. The Hall–Kier alpha value is -10.0. The van der Waals surface area contributed by atoms with Crippen LogP contribution in [0.15, 0.2) is 145 Å². The monoisotopic (exact) mass is 1560 g/mol. The summed E-state index contributed by atoms with van der Waals surface area (Å²) in [6, 6.07) is 30.5. The fourth-order valence-corrected chi connectivity index (χ4v) is 13.4. The number of carboxylic acid groups (broad SMARTS) is 1. The molecule has 558 valence electrons. The lowest BCUT2D eigenvalue weighted by molar-refractivity contribution is -0.689. The minimum atomic E-state index is -5.19. The van der Waals surface area contributed by atoms with Gasteiger partial charge in [-0.2, -0.15) is 23.7 Å². The number of ether oxygens (including phenoxy) is 2. The Kier molecular flexibility index (Phi) is 28.9. The second kappa shape index (κ2) is 36.8. The average molecular weight is 1570 g/mol. The van der Waals surface area contributed by atoms with Crippen LogP contribution >= 0.6 is 22.7 Å². The molecule has 6 aromatic carbocycles. The number of hydrogen-bond acceptors (Lipinski definition) is 20. The number of aryl methyl sites for hydroxylation is 4. The maximum absolute atomic E-state index is 15.3. The summed E-state index contributed by atoms with van der Waals surface area (Å²) in [6.45, 7) is 12.3. The van der Waals surface area contributed by atoms with Gasteiger partial charge in [0.15, 0.2) is 0 Å². The molecule has 10 rings (SSSR count). The van der Waals surface area contributed by atoms with Gasteiger partial charge in [0.25, 0.3) is 12.7 Å². The van der Waals surface area contributed by atoms with Crippen molar-refractivity contribution in [1.29, 1.82) is 10.5 Å². The van der Waals surface area contributed by atoms with Gasteiger partial charge in [-0.3, -0.25) is 0 Å². The maximum atomic E-state index is 15.3. The first-order valence-corrected chi connectivity index (χ1v) is 34.5. The lowest BCUT2D eigenvalue weighted by atomic mass is 9.82. The van der Waals surface area contributed by atoms with Crippen molar-refractivity contribution in [3.8, 4) is 46.2 Å². The summed E-state index contributed by atoms with van der Waals surface area (Å²) in [7, 11) is 0. The maximum Gasteiger partial charge on any atom is 0.430 e. The number of carbonyl (C=O) groups is 3. The Morgan fingerprint density at radius 2 is 0.934 bits per heavy atom. The quantitative estimate of drug-likeness (QED) is 0.0160. The highest BCUT2D eigenvalue weighted by atomic mass is 79.9. The summed E-state index contributed by atoms with van der Waals surface area (Å²) in [5, 5.41) is 65.2. The van der Waals surface area contributed by atoms with E-state index in [-0.39, 0.29) is 41.2 Å². The van der Waals surface area contributed by atoms with Crippen LogP contribution in [-0.2, 0) is 51.8 Å². The first kappa shape index (κ1) is 83.3. The first-order chi connectivity index (χ1) is 49.8. The minimum absolute atomic E-state index is 0. The number of carboxylic acids is 1. The topological polar surface area (TPSA) is 354 Å². The van der Waals surface area contributed by atoms with Crippen LogP contribution in [0.1, 0.15) is 117 Å². The zero-order valence-corrected chi connectivity index (χ0v) is 61.4. The van der Waals surface area contributed by atoms with Crippen LogP contribution in [-0.4, -0.2) is 89.0 Å². The van der Waals surface area contributed by atoms with Crippen molar-refractivity contribution in [3.63, 3.8) is 0 Å². The second-order valence-corrected chi connectivity index (χ2v) is 26.9. The van der Waals surface area contributed by atoms with E-state index in [1.54, 1.807) is 96.8 Å². The number of rotatable bonds is 26. The molecule has 4 heterocycles. The van der Waals surface area contributed by atoms with E-state index in [1.165, 1.54) is 44.2 Å². The molecular formula is C74H76BrF7N14O8S2. The third kappa shape index (κ3) is 21.2. The number of hydrogen-bond donors (Lipinski definition) is 6. The fourth-order valence-electron chi connectivity index (χ4n) is 11.5. The van der Waals surface area contributed by atoms with E-state index in [9.17, 15) is 41.8 Å². The van der Waals surface area contributed by atoms with Crippen molar-refractivity contribution in [2.45, 2.75) is 135 Å². The third-order valence-electron chi connectivity index (χ3n) is 17.1. The van der Waals surface area contributed by atoms with Crippen LogP contribution in [0.4, 0.5) is 30.7 Å². The Morgan fingerprint density at radius 3 is 1.24 bits per heavy atom. The number of aliphatic carboxylic acids is 1. The highest BCUT2D eigenvalue weighted by Gasteiger charge is 2.45. The molecule has 0 spiro atoms. The van der Waals surface area contributed by atoms with Gasteiger partial charge in [-0.05, 0) is 161 Å². The Bertz CT molecular complexity index is 4460. The number of aliphatic hydroxyl groups is 2. The van der Waals surface area contributed by atoms with Crippen LogP contribution in [0.25, 0.3) is 22.5 Å². The molecule has 0 fully saturated rings. The molecule has 0 saturated heterocycles. The first-order valence-electron chi connectivity index (χ1n) is 32.7. The number of alkyl halides is 3. The molecule has 4 aromatic heterocycles. The zero-order valence-electron chi connectivity index (χ0n) is 58.2. The molecule has 0 unspecified atom stereocenters. The Labute approximate surface area is 624 Å². The van der Waals surface area contributed by atoms with Gasteiger partial charge in [0, 0.05) is 67.2 Å². The molecule has 0 bridgehead atoms. The highest BCUT2D eigenvalue weighted by molar-refractivity contribution is 7.10. The molecule has 0 aliphatic carbocycles. The number of nitrogens with zero attached hydrogens (tertiary/aromatic N) is 10. The molecule has 0 radical (unpaired) electrons. The summed E-state index contributed by atoms with van der Waals surface area (Å²) >= 11 is 2.62. The molecular weight excluding hydrogens is 1490 g/mol. The van der Waals surface area contributed by atoms with E-state index < -0.39 is 82.5 Å². The molecule has 0 amide bonds. The van der Waals surface area contributed by atoms with E-state index in [0.717, 1.165) is 68.8 Å². The number of aromatic nitrogens is 8. The van der Waals surface area contributed by atoms with Crippen molar-refractivity contribution in [2.24, 2.45) is 22.9 Å². The predicted molar refractivity (Wildman–Crippen MR) is 372 cm³/mol. The molecule has 106 heavy (non-hydrogen) atoms. The molecule has 6 atom stereocenters. The number of thiazole rings is 2. The molecule has 0 aliphatic rings. The smallest absolute Gasteiger partial charge is 0.430 e. The highest BCUT2D eigenvalue weighted by Crippen LogP contribution is 2.44. The van der Waals surface area contributed by atoms with Crippen LogP contribution in [0, 0.1) is 73.6 Å². The minimum Gasteiger partial charge on any atom is -1.00 e. The van der Waals surface area contributed by atoms with Crippen molar-refractivity contribution >= 4 is 40.6 Å². The second-order valence-electron chi connectivity index (χ2n) is 25.1. The van der Waals surface area contributed by atoms with Gasteiger partial charge in [0.05, 0.1) is 57.8 Å². The van der Waals surface area contributed by atoms with Gasteiger partial charge in [-0.25, -0.2) is 46.3 Å². The van der Waals surface area contributed by atoms with E-state index in [2.05, 4.69) is 22.3 Å². The molecule has 0 saturated carbocycles. The lowest BCUT2D eigenvalue weighted by Crippen LogP contribution is -3.00. The van der Waals surface area contributed by atoms with Crippen LogP contribution in [0.5, 0.6) is 11.5 Å². The van der Waals surface area contributed by atoms with Crippen LogP contribution < -0.4 is 63.6 Å². The number of nitriles is 2. The predicted octanol–water partition coefficient (Wildman–Crippen LogP) is 5.85. The molecule has 32 heteroatoms. The SMILES string of the molecule is Cc1cc(C[n+]2cnn(C[C@](O)(c3ccc(F)cc3F)[C@@H](C)c3nc(-c4ccc(C#N)cc4)cs3)c2)cc(C)c1OC(=O)[C@@H](N)CCCN.Cc1cc(C[n+]2cnn(C[C@](O)(c3ccc(F)cc3F)[C@@H](C)c3nc(-c4ccc(C#N)cc4)cs3)c2)cc(C)c1OC(=O)[C@@H](N)CCCN.O=C([O-])C(F)(F)F.[Br-]. The van der Waals surface area contributed by atoms with Gasteiger partial charge < -0.3 is 69.5 Å². The number of carbonyl (C=O) groups excluding carboxylic acids is 3. The standard InChI is InChI=1S/2C36H38F2N7O3S.C2HF3O2.BrH/c2*1-22-13-26(14-23(2)33(22)48-35(46)31(41)5-4-12-39)17-44-20-42-45(21-44)19-36(47,29-11-10-28(37)15-30(29)38)24(3)34-43-32(18-49-34)27-8-6-25(16-40)7-9-27;3-2(4,5)1(6)7;/h2*6-11,13-15,18,20-21,24,31,47H,4-5,12,17,19,39,41H2,1-3H3;(H,6,7);1H/q2*+1;;/p-2/t2*24-,31-,36+;;/m00../s1. The molecule has 10 aromatic rings. The van der Waals surface area contributed by atoms with Crippen LogP contribution in [0.2, 0.25) is 0 Å². The average Bonchev–Trinajstić information content (AvgIpc) is 1.24. The van der Waals surface area contributed by atoms with Crippen molar-refractivity contribution in [3.05, 3.63) is 234 Å². The molecule has 22 nitrogen and oxygen atoms in total. The number of nitrogens with two attached hydrogens (primary N) is 4. The van der Waals surface area contributed by atoms with Gasteiger partial charge >= 0.3 is 18.1 Å². The summed E-state index contributed by atoms with van der Waals surface area (Å²) in [6.07, 6.45) is 3.50. The van der Waals surface area contributed by atoms with Gasteiger partial charge in [-0.15, -0.1) is 32.0 Å². The normalized spacial score (nSPS) is 13.5. The fraction of sp³-hybridized carbons (Fsp3) is 0.311. The van der Waals surface area contributed by atoms with Gasteiger partial charge in [0.1, 0.15) is 77.1 Å². The van der Waals surface area contributed by atoms with E-state index in [1.807, 2.05) is 62.7 Å². The van der Waals surface area contributed by atoms with Crippen molar-refractivity contribution in [2.75, 3.05) is 13.1 Å². The van der Waals surface area contributed by atoms with E-state index in [0.29, 0.717) is 95.9 Å². The lowest BCUT2D eigenvalue weighted by Gasteiger charge is -2.32. The summed E-state index contributed by atoms with van der Waals surface area (Å²) in [5.41, 5.74) is 27.9. The number of halogens is 8. The third-order valence-corrected chi connectivity index (χ3v) is 19.2. The largest absolute Gasteiger partial charge is 1.00 e. The Balaban J connectivity index is 0.000000269.